The summed E-state index contributed by atoms with van der Waals surface area (Å²) < 4.78 is 10.2. The van der Waals surface area contributed by atoms with Crippen LogP contribution in [0.2, 0.25) is 0 Å². The normalized spacial score (nSPS) is 13.5. The second-order valence-electron chi connectivity index (χ2n) is 13.0. The summed E-state index contributed by atoms with van der Waals surface area (Å²) in [6.07, 6.45) is 37.7. The highest BCUT2D eigenvalue weighted by molar-refractivity contribution is 5.69. The molecule has 266 valence electrons. The van der Waals surface area contributed by atoms with Crippen molar-refractivity contribution in [2.24, 2.45) is 5.92 Å². The number of hydrogen-bond acceptors (Lipinski definition) is 6. The van der Waals surface area contributed by atoms with Crippen LogP contribution in [0.15, 0.2) is 48.6 Å². The summed E-state index contributed by atoms with van der Waals surface area (Å²) in [7, 11) is 0. The van der Waals surface area contributed by atoms with E-state index in [0.717, 1.165) is 44.4 Å². The molecule has 0 aromatic rings. The molecular weight excluding hydrogens is 576 g/mol. The Hall–Kier alpha value is -2.18. The fraction of sp³-hybridized carbons (Fsp3) is 0.750. The summed E-state index contributed by atoms with van der Waals surface area (Å²) in [6, 6.07) is 0. The average Bonchev–Trinajstić information content (AvgIpc) is 3.03. The van der Waals surface area contributed by atoms with Crippen molar-refractivity contribution in [3.8, 4) is 0 Å². The second kappa shape index (κ2) is 34.2. The lowest BCUT2D eigenvalue weighted by Crippen LogP contribution is -2.25. The van der Waals surface area contributed by atoms with Crippen molar-refractivity contribution >= 4 is 11.9 Å². The fourth-order valence-electron chi connectivity index (χ4n) is 4.93. The lowest BCUT2D eigenvalue weighted by atomic mass is 10.0. The van der Waals surface area contributed by atoms with Gasteiger partial charge in [-0.3, -0.25) is 9.59 Å². The molecular formula is C40H70O6. The van der Waals surface area contributed by atoms with Crippen molar-refractivity contribution in [1.29, 1.82) is 0 Å². The topological polar surface area (TPSA) is 93.1 Å². The number of aliphatic hydroxyl groups excluding tert-OH is 2. The first kappa shape index (κ1) is 43.8. The molecule has 0 bridgehead atoms. The van der Waals surface area contributed by atoms with Gasteiger partial charge in [-0.05, 0) is 50.9 Å². The van der Waals surface area contributed by atoms with E-state index in [4.69, 9.17) is 9.47 Å². The predicted octanol–water partition coefficient (Wildman–Crippen LogP) is 10.3. The monoisotopic (exact) mass is 647 g/mol. The number of hydrogen-bond donors (Lipinski definition) is 2. The van der Waals surface area contributed by atoms with E-state index in [9.17, 15) is 19.8 Å². The Morgan fingerprint density at radius 1 is 0.609 bits per heavy atom. The van der Waals surface area contributed by atoms with Crippen LogP contribution < -0.4 is 0 Å². The number of ether oxygens (including phenoxy) is 2. The van der Waals surface area contributed by atoms with E-state index in [1.165, 1.54) is 77.0 Å². The number of esters is 2. The summed E-state index contributed by atoms with van der Waals surface area (Å²) in [4.78, 5) is 23.9. The molecule has 0 rings (SSSR count). The molecule has 0 radical (unpaired) electrons. The van der Waals surface area contributed by atoms with E-state index in [1.807, 2.05) is 36.5 Å². The highest BCUT2D eigenvalue weighted by Gasteiger charge is 2.12. The molecule has 0 heterocycles. The van der Waals surface area contributed by atoms with Gasteiger partial charge in [-0.25, -0.2) is 0 Å². The van der Waals surface area contributed by atoms with Crippen molar-refractivity contribution in [3.63, 3.8) is 0 Å². The maximum absolute atomic E-state index is 11.9. The Balaban J connectivity index is 3.62. The van der Waals surface area contributed by atoms with Gasteiger partial charge in [-0.1, -0.05) is 153 Å². The lowest BCUT2D eigenvalue weighted by molar-refractivity contribution is -0.152. The Kier molecular flexibility index (Phi) is 32.5. The Bertz CT molecular complexity index is 813. The van der Waals surface area contributed by atoms with Gasteiger partial charge in [-0.2, -0.15) is 0 Å². The van der Waals surface area contributed by atoms with E-state index < -0.39 is 12.2 Å². The third-order valence-electron chi connectivity index (χ3n) is 7.83. The van der Waals surface area contributed by atoms with Crippen molar-refractivity contribution in [2.45, 2.75) is 174 Å². The standard InChI is InChI=1S/C40H70O6/c1-4-5-6-7-20-25-30-37(41)31-26-21-16-13-14-18-23-28-33-40(44)46-35-38(42)34-45-39(43)32-27-22-17-12-10-8-9-11-15-19-24-29-36(2)3/h14,16,18,20-21,25-26,31,36-38,41-42H,4-13,15,17,19,22-24,27-30,32-35H2,1-3H3/b18-14-,21-16-,25-20-,31-26+/t37-,38-/m1/s1. The molecule has 2 atom stereocenters. The first-order chi connectivity index (χ1) is 22.3. The molecule has 0 aromatic carbocycles. The first-order valence-electron chi connectivity index (χ1n) is 18.7. The van der Waals surface area contributed by atoms with Crippen molar-refractivity contribution in [3.05, 3.63) is 48.6 Å². The van der Waals surface area contributed by atoms with Gasteiger partial charge in [0.05, 0.1) is 6.10 Å². The average molecular weight is 647 g/mol. The minimum Gasteiger partial charge on any atom is -0.463 e. The number of allylic oxidation sites excluding steroid dienone is 6. The molecule has 2 N–H and O–H groups in total. The number of carbonyl (C=O) groups is 2. The first-order valence-corrected chi connectivity index (χ1v) is 18.7. The quantitative estimate of drug-likeness (QED) is 0.0327. The Morgan fingerprint density at radius 2 is 1.15 bits per heavy atom. The van der Waals surface area contributed by atoms with Crippen LogP contribution in [0.3, 0.4) is 0 Å². The molecule has 0 spiro atoms. The zero-order valence-electron chi connectivity index (χ0n) is 29.8. The lowest BCUT2D eigenvalue weighted by Gasteiger charge is -2.12. The molecule has 6 heteroatoms. The predicted molar refractivity (Wildman–Crippen MR) is 193 cm³/mol. The molecule has 0 saturated carbocycles. The zero-order chi connectivity index (χ0) is 33.9. The van der Waals surface area contributed by atoms with Crippen LogP contribution in [-0.4, -0.2) is 47.6 Å². The molecule has 0 aliphatic heterocycles. The van der Waals surface area contributed by atoms with Crippen LogP contribution in [0.1, 0.15) is 162 Å². The summed E-state index contributed by atoms with van der Waals surface area (Å²) in [5, 5.41) is 19.9. The van der Waals surface area contributed by atoms with E-state index >= 15 is 0 Å². The van der Waals surface area contributed by atoms with Gasteiger partial charge in [0.2, 0.25) is 0 Å². The van der Waals surface area contributed by atoms with Crippen LogP contribution in [0, 0.1) is 5.92 Å². The largest absolute Gasteiger partial charge is 0.463 e. The van der Waals surface area contributed by atoms with E-state index in [1.54, 1.807) is 6.08 Å². The molecule has 0 unspecified atom stereocenters. The van der Waals surface area contributed by atoms with E-state index in [-0.39, 0.29) is 31.6 Å². The minimum absolute atomic E-state index is 0.149. The molecule has 46 heavy (non-hydrogen) atoms. The molecule has 0 aromatic heterocycles. The van der Waals surface area contributed by atoms with Gasteiger partial charge in [0.25, 0.3) is 0 Å². The van der Waals surface area contributed by atoms with Crippen molar-refractivity contribution in [2.75, 3.05) is 13.2 Å². The van der Waals surface area contributed by atoms with E-state index in [2.05, 4.69) is 26.8 Å². The smallest absolute Gasteiger partial charge is 0.305 e. The Labute approximate surface area is 282 Å². The number of rotatable bonds is 32. The molecule has 6 nitrogen and oxygen atoms in total. The van der Waals surface area contributed by atoms with Gasteiger partial charge in [-0.15, -0.1) is 0 Å². The molecule has 0 aliphatic carbocycles. The maximum Gasteiger partial charge on any atom is 0.305 e. The SMILES string of the molecule is CCCCC/C=C\C[C@@H](O)/C=C/C=C\C/C=C\CCCC(=O)OC[C@H](O)COC(=O)CCCCCCCCCCCCCC(C)C. The molecule has 0 saturated heterocycles. The van der Waals surface area contributed by atoms with Crippen LogP contribution in [-0.2, 0) is 19.1 Å². The molecule has 0 fully saturated rings. The summed E-state index contributed by atoms with van der Waals surface area (Å²) in [6.45, 7) is 6.47. The van der Waals surface area contributed by atoms with E-state index in [0.29, 0.717) is 19.3 Å². The molecule has 0 aliphatic rings. The molecule has 0 amide bonds. The van der Waals surface area contributed by atoms with Crippen molar-refractivity contribution < 1.29 is 29.3 Å². The van der Waals surface area contributed by atoms with Crippen LogP contribution in [0.4, 0.5) is 0 Å². The number of aliphatic hydroxyl groups is 2. The van der Waals surface area contributed by atoms with Crippen LogP contribution in [0.25, 0.3) is 0 Å². The fourth-order valence-corrected chi connectivity index (χ4v) is 4.93. The van der Waals surface area contributed by atoms with Gasteiger partial charge in [0.15, 0.2) is 0 Å². The highest BCUT2D eigenvalue weighted by Crippen LogP contribution is 2.14. The van der Waals surface area contributed by atoms with Gasteiger partial charge >= 0.3 is 11.9 Å². The Morgan fingerprint density at radius 3 is 1.76 bits per heavy atom. The van der Waals surface area contributed by atoms with Crippen LogP contribution >= 0.6 is 0 Å². The summed E-state index contributed by atoms with van der Waals surface area (Å²) in [5.74, 6) is 0.160. The third kappa shape index (κ3) is 34.7. The highest BCUT2D eigenvalue weighted by atomic mass is 16.6. The van der Waals surface area contributed by atoms with Crippen LogP contribution in [0.5, 0.6) is 0 Å². The second-order valence-corrected chi connectivity index (χ2v) is 13.0. The van der Waals surface area contributed by atoms with Crippen molar-refractivity contribution in [1.82, 2.24) is 0 Å². The number of unbranched alkanes of at least 4 members (excludes halogenated alkanes) is 14. The summed E-state index contributed by atoms with van der Waals surface area (Å²) >= 11 is 0. The zero-order valence-corrected chi connectivity index (χ0v) is 29.8. The van der Waals surface area contributed by atoms with Gasteiger partial charge in [0.1, 0.15) is 19.3 Å². The van der Waals surface area contributed by atoms with Gasteiger partial charge in [0, 0.05) is 12.8 Å². The maximum atomic E-state index is 11.9. The summed E-state index contributed by atoms with van der Waals surface area (Å²) in [5.41, 5.74) is 0. The minimum atomic E-state index is -1.00. The number of carbonyl (C=O) groups excluding carboxylic acids is 2. The third-order valence-corrected chi connectivity index (χ3v) is 7.83. The van der Waals surface area contributed by atoms with Gasteiger partial charge < -0.3 is 19.7 Å².